The molecule has 2 rings (SSSR count). The Bertz CT molecular complexity index is 607. The maximum Gasteiger partial charge on any atom is 0.230 e. The van der Waals surface area contributed by atoms with E-state index < -0.39 is 0 Å². The molecule has 20 heavy (non-hydrogen) atoms. The summed E-state index contributed by atoms with van der Waals surface area (Å²) in [6.07, 6.45) is 0. The normalized spacial score (nSPS) is 10.4. The van der Waals surface area contributed by atoms with Crippen LogP contribution in [-0.4, -0.2) is 35.6 Å². The van der Waals surface area contributed by atoms with Crippen LogP contribution in [0.2, 0.25) is 0 Å². The number of aromatic nitrogens is 3. The first-order valence-electron chi connectivity index (χ1n) is 6.76. The van der Waals surface area contributed by atoms with Crippen LogP contribution in [0.1, 0.15) is 18.1 Å². The van der Waals surface area contributed by atoms with Crippen molar-refractivity contribution >= 4 is 11.9 Å². The summed E-state index contributed by atoms with van der Waals surface area (Å²) < 4.78 is 0. The molecular formula is C15H21N5. The van der Waals surface area contributed by atoms with E-state index in [9.17, 15) is 0 Å². The molecule has 2 aromatic rings. The van der Waals surface area contributed by atoms with Crippen LogP contribution in [0.15, 0.2) is 18.2 Å². The fourth-order valence-corrected chi connectivity index (χ4v) is 1.99. The molecule has 0 unspecified atom stereocenters. The molecule has 1 aromatic carbocycles. The van der Waals surface area contributed by atoms with Crippen LogP contribution >= 0.6 is 0 Å². The van der Waals surface area contributed by atoms with Crippen LogP contribution < -0.4 is 10.2 Å². The largest absolute Gasteiger partial charge is 0.354 e. The van der Waals surface area contributed by atoms with Crippen LogP contribution in [0, 0.1) is 13.8 Å². The SMILES string of the molecule is CCNc1nc(-c2ccc(C)cc2C)nc(N(C)C)n1. The Hall–Kier alpha value is -2.17. The average molecular weight is 271 g/mol. The van der Waals surface area contributed by atoms with E-state index >= 15 is 0 Å². The number of nitrogens with one attached hydrogen (secondary N) is 1. The maximum absolute atomic E-state index is 4.54. The van der Waals surface area contributed by atoms with Gasteiger partial charge in [0.15, 0.2) is 5.82 Å². The molecule has 1 N–H and O–H groups in total. The lowest BCUT2D eigenvalue weighted by molar-refractivity contribution is 0.952. The number of benzene rings is 1. The van der Waals surface area contributed by atoms with Crippen molar-refractivity contribution in [3.05, 3.63) is 29.3 Å². The Labute approximate surface area is 120 Å². The number of rotatable bonds is 4. The highest BCUT2D eigenvalue weighted by atomic mass is 15.3. The van der Waals surface area contributed by atoms with E-state index in [1.807, 2.05) is 25.9 Å². The summed E-state index contributed by atoms with van der Waals surface area (Å²) in [4.78, 5) is 15.3. The predicted octanol–water partition coefficient (Wildman–Crippen LogP) is 2.65. The van der Waals surface area contributed by atoms with Crippen molar-refractivity contribution in [1.29, 1.82) is 0 Å². The minimum Gasteiger partial charge on any atom is -0.354 e. The number of hydrogen-bond donors (Lipinski definition) is 1. The summed E-state index contributed by atoms with van der Waals surface area (Å²) in [7, 11) is 3.85. The molecule has 106 valence electrons. The molecule has 0 bridgehead atoms. The van der Waals surface area contributed by atoms with Crippen molar-refractivity contribution in [3.63, 3.8) is 0 Å². The first kappa shape index (κ1) is 14.2. The second kappa shape index (κ2) is 5.86. The smallest absolute Gasteiger partial charge is 0.230 e. The van der Waals surface area contributed by atoms with E-state index in [2.05, 4.69) is 52.3 Å². The molecule has 5 nitrogen and oxygen atoms in total. The van der Waals surface area contributed by atoms with E-state index in [-0.39, 0.29) is 0 Å². The molecule has 0 radical (unpaired) electrons. The number of hydrogen-bond acceptors (Lipinski definition) is 5. The molecule has 0 fully saturated rings. The molecular weight excluding hydrogens is 250 g/mol. The number of nitrogens with zero attached hydrogens (tertiary/aromatic N) is 4. The van der Waals surface area contributed by atoms with Gasteiger partial charge in [0.2, 0.25) is 11.9 Å². The third-order valence-corrected chi connectivity index (χ3v) is 2.98. The third-order valence-electron chi connectivity index (χ3n) is 2.98. The van der Waals surface area contributed by atoms with Crippen LogP contribution in [0.5, 0.6) is 0 Å². The van der Waals surface area contributed by atoms with Gasteiger partial charge in [-0.2, -0.15) is 15.0 Å². The zero-order valence-corrected chi connectivity index (χ0v) is 12.7. The fraction of sp³-hybridized carbons (Fsp3) is 0.400. The number of anilines is 2. The highest BCUT2D eigenvalue weighted by Crippen LogP contribution is 2.23. The molecule has 0 aliphatic rings. The van der Waals surface area contributed by atoms with Gasteiger partial charge >= 0.3 is 0 Å². The molecule has 0 amide bonds. The average Bonchev–Trinajstić information content (AvgIpc) is 2.38. The number of aryl methyl sites for hydroxylation is 2. The Kier molecular flexibility index (Phi) is 4.17. The second-order valence-electron chi connectivity index (χ2n) is 5.03. The van der Waals surface area contributed by atoms with Gasteiger partial charge in [-0.1, -0.05) is 23.8 Å². The highest BCUT2D eigenvalue weighted by molar-refractivity contribution is 5.62. The molecule has 0 aliphatic heterocycles. The van der Waals surface area contributed by atoms with Crippen molar-refractivity contribution in [2.45, 2.75) is 20.8 Å². The van der Waals surface area contributed by atoms with Gasteiger partial charge in [0.05, 0.1) is 0 Å². The first-order chi connectivity index (χ1) is 9.51. The van der Waals surface area contributed by atoms with Gasteiger partial charge in [-0.15, -0.1) is 0 Å². The van der Waals surface area contributed by atoms with Gasteiger partial charge in [-0.3, -0.25) is 0 Å². The standard InChI is InChI=1S/C15H21N5/c1-6-16-14-17-13(18-15(19-14)20(4)5)12-8-7-10(2)9-11(12)3/h7-9H,6H2,1-5H3,(H,16,17,18,19). The summed E-state index contributed by atoms with van der Waals surface area (Å²) in [5.41, 5.74) is 3.45. The molecule has 0 atom stereocenters. The second-order valence-corrected chi connectivity index (χ2v) is 5.03. The summed E-state index contributed by atoms with van der Waals surface area (Å²) in [6, 6.07) is 6.28. The summed E-state index contributed by atoms with van der Waals surface area (Å²) in [5.74, 6) is 1.98. The van der Waals surface area contributed by atoms with Crippen molar-refractivity contribution in [1.82, 2.24) is 15.0 Å². The van der Waals surface area contributed by atoms with Gasteiger partial charge in [0.1, 0.15) is 0 Å². The van der Waals surface area contributed by atoms with Crippen molar-refractivity contribution in [3.8, 4) is 11.4 Å². The van der Waals surface area contributed by atoms with Crippen LogP contribution in [-0.2, 0) is 0 Å². The van der Waals surface area contributed by atoms with Gasteiger partial charge in [0.25, 0.3) is 0 Å². The van der Waals surface area contributed by atoms with Gasteiger partial charge < -0.3 is 10.2 Å². The van der Waals surface area contributed by atoms with Crippen molar-refractivity contribution in [2.24, 2.45) is 0 Å². The van der Waals surface area contributed by atoms with E-state index in [4.69, 9.17) is 0 Å². The Balaban J connectivity index is 2.54. The Morgan fingerprint density at radius 1 is 1.10 bits per heavy atom. The topological polar surface area (TPSA) is 53.9 Å². The van der Waals surface area contributed by atoms with E-state index in [0.717, 1.165) is 12.1 Å². The highest BCUT2D eigenvalue weighted by Gasteiger charge is 2.11. The molecule has 0 aliphatic carbocycles. The predicted molar refractivity (Wildman–Crippen MR) is 83.2 cm³/mol. The van der Waals surface area contributed by atoms with E-state index in [1.54, 1.807) is 0 Å². The zero-order chi connectivity index (χ0) is 14.7. The maximum atomic E-state index is 4.54. The molecule has 5 heteroatoms. The molecule has 1 aromatic heterocycles. The van der Waals surface area contributed by atoms with E-state index in [0.29, 0.717) is 17.7 Å². The van der Waals surface area contributed by atoms with Crippen molar-refractivity contribution in [2.75, 3.05) is 30.9 Å². The third kappa shape index (κ3) is 3.04. The van der Waals surface area contributed by atoms with Gasteiger partial charge in [-0.05, 0) is 26.3 Å². The monoisotopic (exact) mass is 271 g/mol. The van der Waals surface area contributed by atoms with Crippen molar-refractivity contribution < 1.29 is 0 Å². The Morgan fingerprint density at radius 2 is 1.85 bits per heavy atom. The summed E-state index contributed by atoms with van der Waals surface area (Å²) in [5, 5.41) is 3.15. The Morgan fingerprint density at radius 3 is 2.45 bits per heavy atom. The van der Waals surface area contributed by atoms with Gasteiger partial charge in [0, 0.05) is 26.2 Å². The molecule has 0 spiro atoms. The lowest BCUT2D eigenvalue weighted by Gasteiger charge is -2.14. The van der Waals surface area contributed by atoms with Crippen LogP contribution in [0.3, 0.4) is 0 Å². The minimum absolute atomic E-state index is 0.612. The quantitative estimate of drug-likeness (QED) is 0.926. The molecule has 0 saturated heterocycles. The lowest BCUT2D eigenvalue weighted by Crippen LogP contribution is -2.16. The fourth-order valence-electron chi connectivity index (χ4n) is 1.99. The summed E-state index contributed by atoms with van der Waals surface area (Å²) >= 11 is 0. The minimum atomic E-state index is 0.612. The molecule has 0 saturated carbocycles. The molecule has 1 heterocycles. The van der Waals surface area contributed by atoms with Crippen LogP contribution in [0.25, 0.3) is 11.4 Å². The summed E-state index contributed by atoms with van der Waals surface area (Å²) in [6.45, 7) is 6.97. The van der Waals surface area contributed by atoms with Crippen LogP contribution in [0.4, 0.5) is 11.9 Å². The van der Waals surface area contributed by atoms with E-state index in [1.165, 1.54) is 11.1 Å². The van der Waals surface area contributed by atoms with Gasteiger partial charge in [-0.25, -0.2) is 0 Å². The lowest BCUT2D eigenvalue weighted by atomic mass is 10.1. The first-order valence-corrected chi connectivity index (χ1v) is 6.76. The zero-order valence-electron chi connectivity index (χ0n) is 12.7.